The zero-order valence-electron chi connectivity index (χ0n) is 12.6. The van der Waals surface area contributed by atoms with Crippen molar-refractivity contribution in [1.82, 2.24) is 0 Å². The lowest BCUT2D eigenvalue weighted by Crippen LogP contribution is -2.07. The standard InChI is InChI=1S/C18H26O2/c1-20-18(19)17-14-8-7-13-16(17)12-6-5-11-15-9-3-2-4-10-15/h7-8,13-15H,2-6,9-12H2,1H3. The van der Waals surface area contributed by atoms with E-state index >= 15 is 0 Å². The van der Waals surface area contributed by atoms with Crippen molar-refractivity contribution in [3.63, 3.8) is 0 Å². The van der Waals surface area contributed by atoms with Gasteiger partial charge in [-0.25, -0.2) is 4.79 Å². The molecule has 0 N–H and O–H groups in total. The van der Waals surface area contributed by atoms with Crippen LogP contribution in [0.15, 0.2) is 24.3 Å². The maximum atomic E-state index is 11.7. The van der Waals surface area contributed by atoms with Gasteiger partial charge in [-0.1, -0.05) is 63.1 Å². The minimum Gasteiger partial charge on any atom is -0.465 e. The Kier molecular flexibility index (Phi) is 6.10. The van der Waals surface area contributed by atoms with Crippen LogP contribution in [0.3, 0.4) is 0 Å². The van der Waals surface area contributed by atoms with E-state index in [0.29, 0.717) is 0 Å². The molecular formula is C18H26O2. The van der Waals surface area contributed by atoms with Gasteiger partial charge in [0.05, 0.1) is 12.7 Å². The lowest BCUT2D eigenvalue weighted by Gasteiger charge is -2.21. The Morgan fingerprint density at radius 2 is 1.90 bits per heavy atom. The second-order valence-corrected chi connectivity index (χ2v) is 5.90. The third-order valence-corrected chi connectivity index (χ3v) is 4.46. The van der Waals surface area contributed by atoms with Crippen LogP contribution in [-0.4, -0.2) is 13.1 Å². The van der Waals surface area contributed by atoms with Gasteiger partial charge in [0.2, 0.25) is 0 Å². The fraction of sp³-hybridized carbons (Fsp3) is 0.611. The third-order valence-electron chi connectivity index (χ3n) is 4.46. The molecule has 20 heavy (non-hydrogen) atoms. The Bertz CT molecular complexity index is 419. The predicted molar refractivity (Wildman–Crippen MR) is 81.9 cm³/mol. The Balaban J connectivity index is 1.77. The van der Waals surface area contributed by atoms with Crippen LogP contribution in [0.1, 0.15) is 67.3 Å². The molecule has 1 aromatic rings. The van der Waals surface area contributed by atoms with Crippen LogP contribution in [0.25, 0.3) is 0 Å². The quantitative estimate of drug-likeness (QED) is 0.552. The summed E-state index contributed by atoms with van der Waals surface area (Å²) in [5.74, 6) is 0.743. The van der Waals surface area contributed by atoms with Gasteiger partial charge in [-0.2, -0.15) is 0 Å². The molecule has 0 saturated heterocycles. The number of esters is 1. The molecule has 1 fully saturated rings. The Labute approximate surface area is 122 Å². The highest BCUT2D eigenvalue weighted by Gasteiger charge is 2.13. The van der Waals surface area contributed by atoms with E-state index in [4.69, 9.17) is 4.74 Å². The van der Waals surface area contributed by atoms with Crippen molar-refractivity contribution < 1.29 is 9.53 Å². The Hall–Kier alpha value is -1.31. The molecule has 1 aromatic carbocycles. The number of unbranched alkanes of at least 4 members (excludes halogenated alkanes) is 1. The molecule has 0 amide bonds. The second kappa shape index (κ2) is 8.08. The zero-order chi connectivity index (χ0) is 14.2. The third kappa shape index (κ3) is 4.36. The maximum Gasteiger partial charge on any atom is 0.338 e. The summed E-state index contributed by atoms with van der Waals surface area (Å²) in [6.45, 7) is 0. The van der Waals surface area contributed by atoms with Crippen LogP contribution >= 0.6 is 0 Å². The highest BCUT2D eigenvalue weighted by atomic mass is 16.5. The number of methoxy groups -OCH3 is 1. The summed E-state index contributed by atoms with van der Waals surface area (Å²) in [6, 6.07) is 7.82. The first kappa shape index (κ1) is 15.1. The number of aryl methyl sites for hydroxylation is 1. The maximum absolute atomic E-state index is 11.7. The first-order chi connectivity index (χ1) is 9.81. The number of carbonyl (C=O) groups excluding carboxylic acids is 1. The van der Waals surface area contributed by atoms with Gasteiger partial charge in [-0.15, -0.1) is 0 Å². The van der Waals surface area contributed by atoms with Gasteiger partial charge in [0.25, 0.3) is 0 Å². The van der Waals surface area contributed by atoms with Crippen molar-refractivity contribution in [2.75, 3.05) is 7.11 Å². The van der Waals surface area contributed by atoms with Crippen molar-refractivity contribution in [3.8, 4) is 0 Å². The van der Waals surface area contributed by atoms with Crippen LogP contribution in [0, 0.1) is 5.92 Å². The number of benzene rings is 1. The van der Waals surface area contributed by atoms with E-state index in [0.717, 1.165) is 23.5 Å². The molecule has 1 aliphatic carbocycles. The highest BCUT2D eigenvalue weighted by molar-refractivity contribution is 5.90. The van der Waals surface area contributed by atoms with Crippen LogP contribution in [0.4, 0.5) is 0 Å². The summed E-state index contributed by atoms with van der Waals surface area (Å²) in [5, 5.41) is 0. The zero-order valence-corrected chi connectivity index (χ0v) is 12.6. The van der Waals surface area contributed by atoms with Crippen LogP contribution in [-0.2, 0) is 11.2 Å². The fourth-order valence-electron chi connectivity index (χ4n) is 3.27. The molecule has 0 spiro atoms. The van der Waals surface area contributed by atoms with Crippen LogP contribution in [0.2, 0.25) is 0 Å². The largest absolute Gasteiger partial charge is 0.465 e. The number of hydrogen-bond acceptors (Lipinski definition) is 2. The van der Waals surface area contributed by atoms with Crippen LogP contribution in [0.5, 0.6) is 0 Å². The SMILES string of the molecule is COC(=O)c1ccccc1CCCCC1CCCCC1. The molecule has 0 bridgehead atoms. The van der Waals surface area contributed by atoms with E-state index in [1.165, 1.54) is 58.5 Å². The van der Waals surface area contributed by atoms with Gasteiger partial charge in [-0.3, -0.25) is 0 Å². The number of carbonyl (C=O) groups is 1. The number of hydrogen-bond donors (Lipinski definition) is 0. The fourth-order valence-corrected chi connectivity index (χ4v) is 3.27. The van der Waals surface area contributed by atoms with E-state index in [2.05, 4.69) is 0 Å². The Morgan fingerprint density at radius 1 is 1.15 bits per heavy atom. The van der Waals surface area contributed by atoms with Crippen molar-refractivity contribution in [3.05, 3.63) is 35.4 Å². The van der Waals surface area contributed by atoms with Gasteiger partial charge < -0.3 is 4.74 Å². The van der Waals surface area contributed by atoms with E-state index in [-0.39, 0.29) is 5.97 Å². The normalized spacial score (nSPS) is 16.1. The molecule has 0 aromatic heterocycles. The summed E-state index contributed by atoms with van der Waals surface area (Å²) in [4.78, 5) is 11.7. The monoisotopic (exact) mass is 274 g/mol. The second-order valence-electron chi connectivity index (χ2n) is 5.90. The molecule has 1 saturated carbocycles. The number of ether oxygens (including phenoxy) is 1. The molecule has 2 rings (SSSR count). The number of rotatable bonds is 6. The molecule has 1 aliphatic rings. The summed E-state index contributed by atoms with van der Waals surface area (Å²) in [7, 11) is 1.45. The summed E-state index contributed by atoms with van der Waals surface area (Å²) >= 11 is 0. The summed E-state index contributed by atoms with van der Waals surface area (Å²) in [5.41, 5.74) is 1.86. The van der Waals surface area contributed by atoms with Gasteiger partial charge >= 0.3 is 5.97 Å². The van der Waals surface area contributed by atoms with Crippen molar-refractivity contribution in [2.24, 2.45) is 5.92 Å². The summed E-state index contributed by atoms with van der Waals surface area (Å²) in [6.07, 6.45) is 11.9. The van der Waals surface area contributed by atoms with Crippen molar-refractivity contribution >= 4 is 5.97 Å². The summed E-state index contributed by atoms with van der Waals surface area (Å²) < 4.78 is 4.84. The first-order valence-electron chi connectivity index (χ1n) is 7.97. The first-order valence-corrected chi connectivity index (χ1v) is 7.97. The predicted octanol–water partition coefficient (Wildman–Crippen LogP) is 4.77. The topological polar surface area (TPSA) is 26.3 Å². The lowest BCUT2D eigenvalue weighted by atomic mass is 9.85. The van der Waals surface area contributed by atoms with E-state index in [9.17, 15) is 4.79 Å². The molecule has 0 unspecified atom stereocenters. The molecule has 0 heterocycles. The van der Waals surface area contributed by atoms with Gasteiger partial charge in [0, 0.05) is 0 Å². The van der Waals surface area contributed by atoms with E-state index in [1.807, 2.05) is 24.3 Å². The van der Waals surface area contributed by atoms with Crippen molar-refractivity contribution in [2.45, 2.75) is 57.8 Å². The highest BCUT2D eigenvalue weighted by Crippen LogP contribution is 2.28. The lowest BCUT2D eigenvalue weighted by molar-refractivity contribution is 0.0599. The average molecular weight is 274 g/mol. The molecular weight excluding hydrogens is 248 g/mol. The van der Waals surface area contributed by atoms with Gasteiger partial charge in [-0.05, 0) is 30.4 Å². The molecule has 110 valence electrons. The smallest absolute Gasteiger partial charge is 0.338 e. The van der Waals surface area contributed by atoms with Gasteiger partial charge in [0.15, 0.2) is 0 Å². The average Bonchev–Trinajstić information content (AvgIpc) is 2.52. The van der Waals surface area contributed by atoms with E-state index in [1.54, 1.807) is 0 Å². The minimum absolute atomic E-state index is 0.215. The molecule has 0 atom stereocenters. The molecule has 2 nitrogen and oxygen atoms in total. The minimum atomic E-state index is -0.215. The Morgan fingerprint density at radius 3 is 2.65 bits per heavy atom. The molecule has 0 aliphatic heterocycles. The molecule has 0 radical (unpaired) electrons. The van der Waals surface area contributed by atoms with Gasteiger partial charge in [0.1, 0.15) is 0 Å². The molecule has 2 heteroatoms. The van der Waals surface area contributed by atoms with Crippen molar-refractivity contribution in [1.29, 1.82) is 0 Å². The van der Waals surface area contributed by atoms with E-state index < -0.39 is 0 Å². The van der Waals surface area contributed by atoms with Crippen LogP contribution < -0.4 is 0 Å².